The van der Waals surface area contributed by atoms with E-state index in [1.165, 1.54) is 18.2 Å². The molecule has 0 aliphatic heterocycles. The topological polar surface area (TPSA) is 99.3 Å². The molecule has 0 aromatic heterocycles. The van der Waals surface area contributed by atoms with Crippen molar-refractivity contribution in [3.05, 3.63) is 71.5 Å². The van der Waals surface area contributed by atoms with Crippen molar-refractivity contribution >= 4 is 17.8 Å². The molecule has 0 fully saturated rings. The van der Waals surface area contributed by atoms with Crippen LogP contribution in [0, 0.1) is 5.82 Å². The van der Waals surface area contributed by atoms with Gasteiger partial charge in [0.15, 0.2) is 0 Å². The Balaban J connectivity index is 2.12. The zero-order valence-electron chi connectivity index (χ0n) is 14.1. The molecule has 26 heavy (non-hydrogen) atoms. The largest absolute Gasteiger partial charge is 0.338 e. The Bertz CT molecular complexity index is 783. The van der Waals surface area contributed by atoms with E-state index in [1.54, 1.807) is 37.3 Å². The summed E-state index contributed by atoms with van der Waals surface area (Å²) >= 11 is 0. The summed E-state index contributed by atoms with van der Waals surface area (Å²) in [6.07, 6.45) is 0. The molecule has 0 spiro atoms. The van der Waals surface area contributed by atoms with Crippen LogP contribution in [0.25, 0.3) is 0 Å². The summed E-state index contributed by atoms with van der Waals surface area (Å²) in [5.74, 6) is -2.10. The standard InChI is InChI=1S/C18H19FN4O3/c1-2-20-18(26)21-17(25)15(12-8-4-3-5-9-12)22-23-16(24)13-10-6-7-11-14(13)19/h3-11,15,22H,2H2,1H3,(H,23,24)(H2,20,21,25,26)/t15-/m1/s1. The van der Waals surface area contributed by atoms with Crippen LogP contribution in [0.4, 0.5) is 9.18 Å². The van der Waals surface area contributed by atoms with Gasteiger partial charge in [0, 0.05) is 6.54 Å². The zero-order chi connectivity index (χ0) is 18.9. The van der Waals surface area contributed by atoms with E-state index < -0.39 is 29.7 Å². The third kappa shape index (κ3) is 5.12. The van der Waals surface area contributed by atoms with Crippen LogP contribution in [0.5, 0.6) is 0 Å². The Morgan fingerprint density at radius 2 is 1.65 bits per heavy atom. The number of hydrazine groups is 1. The van der Waals surface area contributed by atoms with Gasteiger partial charge in [-0.15, -0.1) is 0 Å². The maximum Gasteiger partial charge on any atom is 0.321 e. The second-order valence-electron chi connectivity index (χ2n) is 5.27. The molecular weight excluding hydrogens is 339 g/mol. The molecule has 0 unspecified atom stereocenters. The van der Waals surface area contributed by atoms with E-state index >= 15 is 0 Å². The van der Waals surface area contributed by atoms with Gasteiger partial charge < -0.3 is 5.32 Å². The fourth-order valence-corrected chi connectivity index (χ4v) is 2.18. The Kier molecular flexibility index (Phi) is 6.81. The molecular formula is C18H19FN4O3. The summed E-state index contributed by atoms with van der Waals surface area (Å²) in [6.45, 7) is 2.07. The number of carbonyl (C=O) groups is 3. The molecule has 2 rings (SSSR count). The highest BCUT2D eigenvalue weighted by atomic mass is 19.1. The first-order valence-electron chi connectivity index (χ1n) is 7.97. The number of rotatable bonds is 6. The van der Waals surface area contributed by atoms with Gasteiger partial charge in [0.1, 0.15) is 11.9 Å². The van der Waals surface area contributed by atoms with E-state index in [4.69, 9.17) is 0 Å². The molecule has 7 nitrogen and oxygen atoms in total. The summed E-state index contributed by atoms with van der Waals surface area (Å²) in [5, 5.41) is 4.62. The average Bonchev–Trinajstić information content (AvgIpc) is 2.63. The number of imide groups is 1. The molecule has 0 bridgehead atoms. The van der Waals surface area contributed by atoms with Crippen molar-refractivity contribution in [3.63, 3.8) is 0 Å². The molecule has 0 saturated carbocycles. The minimum absolute atomic E-state index is 0.170. The number of halogens is 1. The smallest absolute Gasteiger partial charge is 0.321 e. The van der Waals surface area contributed by atoms with E-state index in [0.717, 1.165) is 6.07 Å². The van der Waals surface area contributed by atoms with Gasteiger partial charge in [0.25, 0.3) is 11.8 Å². The monoisotopic (exact) mass is 358 g/mol. The van der Waals surface area contributed by atoms with E-state index in [9.17, 15) is 18.8 Å². The van der Waals surface area contributed by atoms with Gasteiger partial charge in [-0.3, -0.25) is 20.3 Å². The van der Waals surface area contributed by atoms with Crippen LogP contribution in [0.1, 0.15) is 28.9 Å². The number of urea groups is 1. The Hall–Kier alpha value is -3.26. The number of benzene rings is 2. The van der Waals surface area contributed by atoms with Gasteiger partial charge >= 0.3 is 6.03 Å². The fourth-order valence-electron chi connectivity index (χ4n) is 2.18. The Morgan fingerprint density at radius 3 is 2.31 bits per heavy atom. The lowest BCUT2D eigenvalue weighted by atomic mass is 10.1. The summed E-state index contributed by atoms with van der Waals surface area (Å²) in [6, 6.07) is 12.3. The third-order valence-corrected chi connectivity index (χ3v) is 3.42. The lowest BCUT2D eigenvalue weighted by Gasteiger charge is -2.19. The van der Waals surface area contributed by atoms with E-state index in [1.807, 2.05) is 0 Å². The molecule has 8 heteroatoms. The molecule has 136 valence electrons. The molecule has 2 aromatic rings. The van der Waals surface area contributed by atoms with E-state index in [-0.39, 0.29) is 5.56 Å². The Labute approximate surface area is 149 Å². The van der Waals surface area contributed by atoms with Crippen LogP contribution in [0.3, 0.4) is 0 Å². The van der Waals surface area contributed by atoms with Gasteiger partial charge in [0.2, 0.25) is 0 Å². The molecule has 2 aromatic carbocycles. The van der Waals surface area contributed by atoms with Crippen molar-refractivity contribution in [1.82, 2.24) is 21.5 Å². The van der Waals surface area contributed by atoms with Crippen LogP contribution in [-0.4, -0.2) is 24.4 Å². The fraction of sp³-hybridized carbons (Fsp3) is 0.167. The SMILES string of the molecule is CCNC(=O)NC(=O)[C@H](NNC(=O)c1ccccc1F)c1ccccc1. The second kappa shape index (κ2) is 9.28. The van der Waals surface area contributed by atoms with Crippen LogP contribution in [0.2, 0.25) is 0 Å². The number of hydrogen-bond donors (Lipinski definition) is 4. The first-order chi connectivity index (χ1) is 12.5. The van der Waals surface area contributed by atoms with Crippen molar-refractivity contribution in [1.29, 1.82) is 0 Å². The molecule has 0 saturated heterocycles. The zero-order valence-corrected chi connectivity index (χ0v) is 14.1. The normalized spacial score (nSPS) is 11.3. The van der Waals surface area contributed by atoms with Crippen molar-refractivity contribution < 1.29 is 18.8 Å². The van der Waals surface area contributed by atoms with Crippen LogP contribution >= 0.6 is 0 Å². The lowest BCUT2D eigenvalue weighted by Crippen LogP contribution is -2.49. The predicted molar refractivity (Wildman–Crippen MR) is 93.4 cm³/mol. The summed E-state index contributed by atoms with van der Waals surface area (Å²) in [7, 11) is 0. The number of nitrogens with one attached hydrogen (secondary N) is 4. The second-order valence-corrected chi connectivity index (χ2v) is 5.27. The van der Waals surface area contributed by atoms with Crippen molar-refractivity contribution in [2.75, 3.05) is 6.54 Å². The highest BCUT2D eigenvalue weighted by Crippen LogP contribution is 2.12. The van der Waals surface area contributed by atoms with Crippen LogP contribution in [0.15, 0.2) is 54.6 Å². The first-order valence-corrected chi connectivity index (χ1v) is 7.97. The minimum Gasteiger partial charge on any atom is -0.338 e. The summed E-state index contributed by atoms with van der Waals surface area (Å²) in [5.41, 5.74) is 5.20. The van der Waals surface area contributed by atoms with Gasteiger partial charge in [-0.1, -0.05) is 42.5 Å². The van der Waals surface area contributed by atoms with E-state index in [2.05, 4.69) is 21.5 Å². The Morgan fingerprint density at radius 1 is 1.00 bits per heavy atom. The number of carbonyl (C=O) groups excluding carboxylic acids is 3. The van der Waals surface area contributed by atoms with E-state index in [0.29, 0.717) is 12.1 Å². The minimum atomic E-state index is -1.05. The highest BCUT2D eigenvalue weighted by molar-refractivity contribution is 5.98. The van der Waals surface area contributed by atoms with Crippen molar-refractivity contribution in [2.45, 2.75) is 13.0 Å². The highest BCUT2D eigenvalue weighted by Gasteiger charge is 2.23. The predicted octanol–water partition coefficient (Wildman–Crippen LogP) is 1.65. The van der Waals surface area contributed by atoms with Crippen LogP contribution in [-0.2, 0) is 4.79 Å². The van der Waals surface area contributed by atoms with Crippen molar-refractivity contribution in [2.24, 2.45) is 0 Å². The molecule has 4 amide bonds. The summed E-state index contributed by atoms with van der Waals surface area (Å²) in [4.78, 5) is 36.1. The molecule has 1 atom stereocenters. The summed E-state index contributed by atoms with van der Waals surface area (Å²) < 4.78 is 13.7. The maximum atomic E-state index is 13.7. The van der Waals surface area contributed by atoms with Gasteiger partial charge in [-0.05, 0) is 24.6 Å². The first kappa shape index (κ1) is 19.1. The molecule has 0 heterocycles. The maximum absolute atomic E-state index is 13.7. The quantitative estimate of drug-likeness (QED) is 0.590. The molecule has 0 radical (unpaired) electrons. The van der Waals surface area contributed by atoms with Crippen LogP contribution < -0.4 is 21.5 Å². The molecule has 0 aliphatic carbocycles. The van der Waals surface area contributed by atoms with Gasteiger partial charge in [-0.2, -0.15) is 0 Å². The van der Waals surface area contributed by atoms with Gasteiger partial charge in [-0.25, -0.2) is 14.6 Å². The lowest BCUT2D eigenvalue weighted by molar-refractivity contribution is -0.122. The average molecular weight is 358 g/mol. The van der Waals surface area contributed by atoms with Crippen molar-refractivity contribution in [3.8, 4) is 0 Å². The molecule has 0 aliphatic rings. The number of amides is 4. The third-order valence-electron chi connectivity index (χ3n) is 3.42. The molecule has 4 N–H and O–H groups in total. The van der Waals surface area contributed by atoms with Gasteiger partial charge in [0.05, 0.1) is 5.56 Å². The number of hydrogen-bond acceptors (Lipinski definition) is 4.